The minimum Gasteiger partial charge on any atom is -0.508 e. The van der Waals surface area contributed by atoms with E-state index in [4.69, 9.17) is 5.11 Å². The van der Waals surface area contributed by atoms with Crippen LogP contribution < -0.4 is 0 Å². The van der Waals surface area contributed by atoms with E-state index in [1.54, 1.807) is 22.4 Å². The standard InChI is InChI=1S/C17H18N2O4S/c20-14-3-1-2-12(8-14)10-18-4-6-19(7-5-18)16(21)13-9-15(17(22)23)24-11-13/h1-3,8-9,11,20H,4-7,10H2,(H,22,23). The van der Waals surface area contributed by atoms with Crippen LogP contribution in [0.25, 0.3) is 0 Å². The topological polar surface area (TPSA) is 81.1 Å². The molecule has 0 atom stereocenters. The number of aromatic carboxylic acids is 1. The first-order chi connectivity index (χ1) is 11.5. The third-order valence-electron chi connectivity index (χ3n) is 4.03. The zero-order valence-corrected chi connectivity index (χ0v) is 13.8. The molecular formula is C17H18N2O4S. The molecule has 1 amide bonds. The first kappa shape index (κ1) is 16.5. The highest BCUT2D eigenvalue weighted by Gasteiger charge is 2.23. The predicted octanol–water partition coefficient (Wildman–Crippen LogP) is 2.11. The minimum absolute atomic E-state index is 0.115. The summed E-state index contributed by atoms with van der Waals surface area (Å²) in [6, 6.07) is 8.62. The van der Waals surface area contributed by atoms with Crippen LogP contribution in [0.5, 0.6) is 5.75 Å². The summed E-state index contributed by atoms with van der Waals surface area (Å²) in [5.41, 5.74) is 1.48. The molecule has 1 aliphatic heterocycles. The van der Waals surface area contributed by atoms with Crippen LogP contribution in [0.15, 0.2) is 35.7 Å². The Labute approximate surface area is 143 Å². The van der Waals surface area contributed by atoms with Crippen molar-refractivity contribution in [3.63, 3.8) is 0 Å². The molecule has 1 aromatic heterocycles. The molecule has 1 aliphatic rings. The molecule has 7 heteroatoms. The smallest absolute Gasteiger partial charge is 0.345 e. The van der Waals surface area contributed by atoms with Gasteiger partial charge < -0.3 is 15.1 Å². The maximum Gasteiger partial charge on any atom is 0.345 e. The van der Waals surface area contributed by atoms with Crippen LogP contribution in [-0.4, -0.2) is 58.1 Å². The number of hydrogen-bond donors (Lipinski definition) is 2. The minimum atomic E-state index is -1.00. The Morgan fingerprint density at radius 3 is 2.50 bits per heavy atom. The molecule has 2 N–H and O–H groups in total. The van der Waals surface area contributed by atoms with Gasteiger partial charge in [-0.15, -0.1) is 11.3 Å². The van der Waals surface area contributed by atoms with Crippen LogP contribution in [0.4, 0.5) is 0 Å². The zero-order valence-electron chi connectivity index (χ0n) is 13.0. The van der Waals surface area contributed by atoms with Gasteiger partial charge in [-0.05, 0) is 23.8 Å². The van der Waals surface area contributed by atoms with E-state index in [0.29, 0.717) is 18.7 Å². The lowest BCUT2D eigenvalue weighted by atomic mass is 10.2. The molecule has 0 bridgehead atoms. The Balaban J connectivity index is 1.56. The number of aromatic hydroxyl groups is 1. The lowest BCUT2D eigenvalue weighted by molar-refractivity contribution is 0.0629. The highest BCUT2D eigenvalue weighted by Crippen LogP contribution is 2.18. The van der Waals surface area contributed by atoms with Gasteiger partial charge in [0.05, 0.1) is 5.56 Å². The van der Waals surface area contributed by atoms with Crippen molar-refractivity contribution in [2.24, 2.45) is 0 Å². The summed E-state index contributed by atoms with van der Waals surface area (Å²) in [6.07, 6.45) is 0. The Bertz CT molecular complexity index is 751. The number of carbonyl (C=O) groups is 2. The molecule has 1 aromatic carbocycles. The van der Waals surface area contributed by atoms with E-state index in [2.05, 4.69) is 4.90 Å². The summed E-state index contributed by atoms with van der Waals surface area (Å²) in [5.74, 6) is -0.862. The number of carboxylic acid groups (broad SMARTS) is 1. The van der Waals surface area contributed by atoms with Crippen molar-refractivity contribution in [3.8, 4) is 5.75 Å². The summed E-state index contributed by atoms with van der Waals surface area (Å²) in [5, 5.41) is 20.1. The van der Waals surface area contributed by atoms with Gasteiger partial charge in [0.2, 0.25) is 0 Å². The predicted molar refractivity (Wildman–Crippen MR) is 90.6 cm³/mol. The first-order valence-electron chi connectivity index (χ1n) is 7.64. The molecular weight excluding hydrogens is 328 g/mol. The number of piperazine rings is 1. The highest BCUT2D eigenvalue weighted by atomic mass is 32.1. The SMILES string of the molecule is O=C(O)c1cc(C(=O)N2CCN(Cc3cccc(O)c3)CC2)cs1. The van der Waals surface area contributed by atoms with Gasteiger partial charge in [0.25, 0.3) is 5.91 Å². The molecule has 3 rings (SSSR count). The largest absolute Gasteiger partial charge is 0.508 e. The molecule has 6 nitrogen and oxygen atoms in total. The van der Waals surface area contributed by atoms with Crippen molar-refractivity contribution in [3.05, 3.63) is 51.7 Å². The van der Waals surface area contributed by atoms with Crippen LogP contribution in [0.1, 0.15) is 25.6 Å². The molecule has 1 fully saturated rings. The number of benzene rings is 1. The van der Waals surface area contributed by atoms with Crippen LogP contribution in [-0.2, 0) is 6.54 Å². The van der Waals surface area contributed by atoms with Crippen molar-refractivity contribution < 1.29 is 19.8 Å². The number of carboxylic acids is 1. The zero-order chi connectivity index (χ0) is 17.1. The Hall–Kier alpha value is -2.38. The highest BCUT2D eigenvalue weighted by molar-refractivity contribution is 7.12. The van der Waals surface area contributed by atoms with E-state index >= 15 is 0 Å². The normalized spacial score (nSPS) is 15.4. The summed E-state index contributed by atoms with van der Waals surface area (Å²) in [6.45, 7) is 3.44. The third-order valence-corrected chi connectivity index (χ3v) is 4.95. The average Bonchev–Trinajstić information content (AvgIpc) is 3.05. The van der Waals surface area contributed by atoms with Crippen LogP contribution in [0, 0.1) is 0 Å². The summed E-state index contributed by atoms with van der Waals surface area (Å²) >= 11 is 1.07. The van der Waals surface area contributed by atoms with Gasteiger partial charge in [-0.25, -0.2) is 4.79 Å². The molecule has 1 saturated heterocycles. The fraction of sp³-hybridized carbons (Fsp3) is 0.294. The summed E-state index contributed by atoms with van der Waals surface area (Å²) in [7, 11) is 0. The van der Waals surface area contributed by atoms with E-state index in [1.165, 1.54) is 6.07 Å². The quantitative estimate of drug-likeness (QED) is 0.886. The van der Waals surface area contributed by atoms with Gasteiger partial charge >= 0.3 is 5.97 Å². The monoisotopic (exact) mass is 346 g/mol. The lowest BCUT2D eigenvalue weighted by Gasteiger charge is -2.34. The van der Waals surface area contributed by atoms with E-state index in [0.717, 1.165) is 36.5 Å². The van der Waals surface area contributed by atoms with Crippen molar-refractivity contribution >= 4 is 23.2 Å². The average molecular weight is 346 g/mol. The number of phenolic OH excluding ortho intramolecular Hbond substituents is 1. The molecule has 2 heterocycles. The second-order valence-corrected chi connectivity index (χ2v) is 6.65. The molecule has 0 unspecified atom stereocenters. The van der Waals surface area contributed by atoms with Crippen LogP contribution >= 0.6 is 11.3 Å². The molecule has 0 radical (unpaired) electrons. The van der Waals surface area contributed by atoms with Gasteiger partial charge in [0, 0.05) is 38.1 Å². The van der Waals surface area contributed by atoms with Gasteiger partial charge in [0.15, 0.2) is 0 Å². The van der Waals surface area contributed by atoms with E-state index < -0.39 is 5.97 Å². The maximum atomic E-state index is 12.4. The van der Waals surface area contributed by atoms with E-state index in [-0.39, 0.29) is 16.5 Å². The van der Waals surface area contributed by atoms with Crippen molar-refractivity contribution in [1.82, 2.24) is 9.80 Å². The van der Waals surface area contributed by atoms with Crippen molar-refractivity contribution in [1.29, 1.82) is 0 Å². The molecule has 126 valence electrons. The molecule has 2 aromatic rings. The molecule has 0 aliphatic carbocycles. The fourth-order valence-electron chi connectivity index (χ4n) is 2.77. The first-order valence-corrected chi connectivity index (χ1v) is 8.52. The molecule has 24 heavy (non-hydrogen) atoms. The van der Waals surface area contributed by atoms with Crippen molar-refractivity contribution in [2.45, 2.75) is 6.54 Å². The lowest BCUT2D eigenvalue weighted by Crippen LogP contribution is -2.48. The van der Waals surface area contributed by atoms with Gasteiger partial charge in [-0.1, -0.05) is 12.1 Å². The van der Waals surface area contributed by atoms with Gasteiger partial charge in [-0.2, -0.15) is 0 Å². The third kappa shape index (κ3) is 3.74. The Kier molecular flexibility index (Phi) is 4.82. The van der Waals surface area contributed by atoms with Crippen LogP contribution in [0.3, 0.4) is 0 Å². The number of amides is 1. The summed E-state index contributed by atoms with van der Waals surface area (Å²) in [4.78, 5) is 27.5. The number of rotatable bonds is 4. The van der Waals surface area contributed by atoms with Gasteiger partial charge in [0.1, 0.15) is 10.6 Å². The maximum absolute atomic E-state index is 12.4. The second-order valence-electron chi connectivity index (χ2n) is 5.74. The fourth-order valence-corrected chi connectivity index (χ4v) is 3.48. The second kappa shape index (κ2) is 7.02. The van der Waals surface area contributed by atoms with Gasteiger partial charge in [-0.3, -0.25) is 9.69 Å². The Morgan fingerprint density at radius 2 is 1.88 bits per heavy atom. The molecule has 0 spiro atoms. The summed E-state index contributed by atoms with van der Waals surface area (Å²) < 4.78 is 0. The van der Waals surface area contributed by atoms with Crippen LogP contribution in [0.2, 0.25) is 0 Å². The number of thiophene rings is 1. The van der Waals surface area contributed by atoms with E-state index in [9.17, 15) is 14.7 Å². The number of nitrogens with zero attached hydrogens (tertiary/aromatic N) is 2. The number of phenols is 1. The Morgan fingerprint density at radius 1 is 1.12 bits per heavy atom. The molecule has 0 saturated carbocycles. The van der Waals surface area contributed by atoms with Crippen molar-refractivity contribution in [2.75, 3.05) is 26.2 Å². The van der Waals surface area contributed by atoms with E-state index in [1.807, 2.05) is 12.1 Å². The number of carbonyl (C=O) groups excluding carboxylic acids is 1. The number of hydrogen-bond acceptors (Lipinski definition) is 5.